The van der Waals surface area contributed by atoms with Crippen LogP contribution in [0.2, 0.25) is 18.6 Å². The van der Waals surface area contributed by atoms with Gasteiger partial charge in [0, 0.05) is 46.5 Å². The average Bonchev–Trinajstić information content (AvgIpc) is 3.91. The van der Waals surface area contributed by atoms with Gasteiger partial charge in [0.1, 0.15) is 0 Å². The number of rotatable bonds is 9. The molecule has 1 unspecified atom stereocenters. The number of amides is 2. The van der Waals surface area contributed by atoms with E-state index in [1.165, 1.54) is 0 Å². The average molecular weight is 736 g/mol. The first-order chi connectivity index (χ1) is 26.1. The highest BCUT2D eigenvalue weighted by molar-refractivity contribution is 6.71. The molecule has 3 aliphatic heterocycles. The predicted octanol–water partition coefficient (Wildman–Crippen LogP) is 7.41. The Labute approximate surface area is 314 Å². The Balaban J connectivity index is 1.11. The molecule has 4 heterocycles. The molecule has 2 amide bonds. The zero-order valence-electron chi connectivity index (χ0n) is 30.3. The number of anilines is 4. The van der Waals surface area contributed by atoms with Crippen molar-refractivity contribution >= 4 is 53.7 Å². The van der Waals surface area contributed by atoms with Crippen molar-refractivity contribution in [3.63, 3.8) is 0 Å². The van der Waals surface area contributed by atoms with Gasteiger partial charge in [-0.2, -0.15) is 0 Å². The number of hydrogen-bond acceptors (Lipinski definition) is 7. The minimum absolute atomic E-state index is 0.105. The van der Waals surface area contributed by atoms with Crippen LogP contribution in [0.4, 0.5) is 22.7 Å². The van der Waals surface area contributed by atoms with Gasteiger partial charge in [-0.3, -0.25) is 24.1 Å². The van der Waals surface area contributed by atoms with Gasteiger partial charge in [-0.15, -0.1) is 5.10 Å². The normalized spacial score (nSPS) is 22.5. The van der Waals surface area contributed by atoms with Gasteiger partial charge in [0.2, 0.25) is 0 Å². The summed E-state index contributed by atoms with van der Waals surface area (Å²) in [6.45, 7) is 6.18. The van der Waals surface area contributed by atoms with E-state index in [2.05, 4.69) is 10.3 Å². The zero-order valence-corrected chi connectivity index (χ0v) is 31.3. The van der Waals surface area contributed by atoms with Crippen LogP contribution >= 0.6 is 0 Å². The Bertz CT molecular complexity index is 2410. The molecular formula is C43H41N5O5Si. The zero-order chi connectivity index (χ0) is 37.4. The number of hydrogen-bond donors (Lipinski definition) is 2. The van der Waals surface area contributed by atoms with Crippen molar-refractivity contribution in [3.05, 3.63) is 144 Å². The highest BCUT2D eigenvalue weighted by atomic mass is 28.4. The maximum atomic E-state index is 15.2. The summed E-state index contributed by atoms with van der Waals surface area (Å²) in [6.07, 6.45) is 1.84. The molecule has 0 radical (unpaired) electrons. The monoisotopic (exact) mass is 735 g/mol. The van der Waals surface area contributed by atoms with Crippen LogP contribution in [0, 0.1) is 5.92 Å². The quantitative estimate of drug-likeness (QED) is 0.148. The Morgan fingerprint density at radius 2 is 1.57 bits per heavy atom. The second kappa shape index (κ2) is 12.8. The lowest BCUT2D eigenvalue weighted by molar-refractivity contribution is -0.145. The first-order valence-electron chi connectivity index (χ1n) is 18.5. The lowest BCUT2D eigenvalue weighted by Crippen LogP contribution is -2.45. The van der Waals surface area contributed by atoms with E-state index in [9.17, 15) is 14.7 Å². The molecule has 2 N–H and O–H groups in total. The molecule has 1 spiro atoms. The lowest BCUT2D eigenvalue weighted by Gasteiger charge is -2.32. The molecule has 0 bridgehead atoms. The Hall–Kier alpha value is -5.46. The molecule has 3 aliphatic rings. The van der Waals surface area contributed by atoms with Crippen LogP contribution in [0.3, 0.4) is 0 Å². The topological polar surface area (TPSA) is 121 Å². The minimum Gasteiger partial charge on any atom is -0.432 e. The van der Waals surface area contributed by atoms with E-state index in [1.54, 1.807) is 14.5 Å². The van der Waals surface area contributed by atoms with E-state index in [0.717, 1.165) is 22.0 Å². The number of para-hydroxylation sites is 1. The van der Waals surface area contributed by atoms with Crippen LogP contribution < -0.4 is 9.80 Å². The van der Waals surface area contributed by atoms with E-state index in [1.807, 2.05) is 141 Å². The standard InChI is InChI=1S/C43H41N5O5Si/c1-27-40(54(2,3)52)38(22-23-46-25-35(44-45-46)33(26-49)28-12-6-4-7-13-28)53-43(27)34-24-31(20-21-36(34)48(42(43)51)30-16-8-5-9-17-30)47-37-19-11-15-29-14-10-18-32(39(29)37)41(47)50/h4-21,24-25,27,33,38,40,49,52H,22-23,26H2,1-3H3/t27-,33?,38+,40-,43+/m0/s1. The second-order valence-corrected chi connectivity index (χ2v) is 19.2. The van der Waals surface area contributed by atoms with Crippen LogP contribution in [0.1, 0.15) is 46.4 Å². The van der Waals surface area contributed by atoms with E-state index in [0.29, 0.717) is 46.8 Å². The highest BCUT2D eigenvalue weighted by Gasteiger charge is 2.66. The van der Waals surface area contributed by atoms with Crippen molar-refractivity contribution in [1.29, 1.82) is 0 Å². The van der Waals surface area contributed by atoms with Crippen LogP contribution in [-0.4, -0.2) is 57.7 Å². The van der Waals surface area contributed by atoms with Gasteiger partial charge in [0.05, 0.1) is 41.3 Å². The van der Waals surface area contributed by atoms with Gasteiger partial charge in [0.15, 0.2) is 13.9 Å². The molecule has 0 aliphatic carbocycles. The summed E-state index contributed by atoms with van der Waals surface area (Å²) in [5.74, 6) is -1.05. The fraction of sp³-hybridized carbons (Fsp3) is 0.256. The summed E-state index contributed by atoms with van der Waals surface area (Å²) in [4.78, 5) is 44.6. The third-order valence-electron chi connectivity index (χ3n) is 11.6. The van der Waals surface area contributed by atoms with E-state index < -0.39 is 25.9 Å². The number of ether oxygens (including phenoxy) is 1. The van der Waals surface area contributed by atoms with Crippen molar-refractivity contribution in [2.75, 3.05) is 16.4 Å². The number of aliphatic hydroxyl groups excluding tert-OH is 1. The number of carbonyl (C=O) groups excluding carboxylic acids is 2. The van der Waals surface area contributed by atoms with E-state index in [4.69, 9.17) is 4.74 Å². The Kier molecular flexibility index (Phi) is 8.16. The number of benzene rings is 5. The van der Waals surface area contributed by atoms with E-state index >= 15 is 4.79 Å². The first kappa shape index (κ1) is 34.3. The fourth-order valence-electron chi connectivity index (χ4n) is 9.30. The van der Waals surface area contributed by atoms with Crippen LogP contribution in [-0.2, 0) is 21.7 Å². The molecule has 5 atom stereocenters. The maximum Gasteiger partial charge on any atom is 0.268 e. The molecule has 6 aromatic rings. The number of carbonyl (C=O) groups is 2. The predicted molar refractivity (Wildman–Crippen MR) is 210 cm³/mol. The molecule has 1 fully saturated rings. The minimum atomic E-state index is -2.96. The Morgan fingerprint density at radius 1 is 0.852 bits per heavy atom. The summed E-state index contributed by atoms with van der Waals surface area (Å²) in [5.41, 5.74) is 4.06. The van der Waals surface area contributed by atoms with Gasteiger partial charge < -0.3 is 14.6 Å². The van der Waals surface area contributed by atoms with E-state index in [-0.39, 0.29) is 29.9 Å². The SMILES string of the molecule is C[C@H]1[C@H]([Si](C)(C)O)[C@@H](CCn2cc(C(CO)c3ccccc3)nn2)O[C@]12C(=O)N(c1ccccc1)c1ccc(N3C(=O)c4cccc5cccc3c45)cc12. The summed E-state index contributed by atoms with van der Waals surface area (Å²) < 4.78 is 8.91. The van der Waals surface area contributed by atoms with Crippen molar-refractivity contribution in [2.45, 2.75) is 56.1 Å². The van der Waals surface area contributed by atoms with Crippen LogP contribution in [0.15, 0.2) is 121 Å². The summed E-state index contributed by atoms with van der Waals surface area (Å²) in [6, 6.07) is 36.7. The molecular weight excluding hydrogens is 695 g/mol. The summed E-state index contributed by atoms with van der Waals surface area (Å²) >= 11 is 0. The highest BCUT2D eigenvalue weighted by Crippen LogP contribution is 2.61. The second-order valence-electron chi connectivity index (χ2n) is 15.2. The smallest absolute Gasteiger partial charge is 0.268 e. The molecule has 10 nitrogen and oxygen atoms in total. The molecule has 5 aromatic carbocycles. The molecule has 11 heteroatoms. The molecule has 1 saturated heterocycles. The Morgan fingerprint density at radius 3 is 2.30 bits per heavy atom. The molecule has 54 heavy (non-hydrogen) atoms. The van der Waals surface area contributed by atoms with Crippen molar-refractivity contribution in [2.24, 2.45) is 5.92 Å². The molecule has 9 rings (SSSR count). The molecule has 0 saturated carbocycles. The number of aliphatic hydroxyl groups is 1. The van der Waals surface area contributed by atoms with Crippen LogP contribution in [0.25, 0.3) is 10.8 Å². The third-order valence-corrected chi connectivity index (χ3v) is 14.1. The summed E-state index contributed by atoms with van der Waals surface area (Å²) in [5, 5.41) is 20.9. The largest absolute Gasteiger partial charge is 0.432 e. The van der Waals surface area contributed by atoms with Crippen LogP contribution in [0.5, 0.6) is 0 Å². The van der Waals surface area contributed by atoms with Gasteiger partial charge in [0.25, 0.3) is 11.8 Å². The summed E-state index contributed by atoms with van der Waals surface area (Å²) in [7, 11) is -2.96. The maximum absolute atomic E-state index is 15.2. The van der Waals surface area contributed by atoms with Gasteiger partial charge in [-0.05, 0) is 72.9 Å². The third kappa shape index (κ3) is 5.18. The van der Waals surface area contributed by atoms with Gasteiger partial charge in [-0.1, -0.05) is 84.9 Å². The molecule has 272 valence electrons. The number of aryl methyl sites for hydroxylation is 1. The van der Waals surface area contributed by atoms with Gasteiger partial charge >= 0.3 is 0 Å². The number of aromatic nitrogens is 3. The van der Waals surface area contributed by atoms with Crippen molar-refractivity contribution in [3.8, 4) is 0 Å². The molecule has 1 aromatic heterocycles. The number of nitrogens with zero attached hydrogens (tertiary/aromatic N) is 5. The van der Waals surface area contributed by atoms with Crippen molar-refractivity contribution in [1.82, 2.24) is 15.0 Å². The van der Waals surface area contributed by atoms with Gasteiger partial charge in [-0.25, -0.2) is 0 Å². The lowest BCUT2D eigenvalue weighted by atomic mass is 9.82. The fourth-order valence-corrected chi connectivity index (χ4v) is 11.9. The first-order valence-corrected chi connectivity index (χ1v) is 21.5. The number of fused-ring (bicyclic) bond motifs is 2. The van der Waals surface area contributed by atoms with Crippen molar-refractivity contribution < 1.29 is 24.2 Å².